The molecule has 0 aliphatic carbocycles. The van der Waals surface area contributed by atoms with Gasteiger partial charge in [-0.25, -0.2) is 4.79 Å². The molecule has 0 atom stereocenters. The maximum Gasteiger partial charge on any atom is 0.338 e. The first-order chi connectivity index (χ1) is 9.09. The number of benzene rings is 1. The highest BCUT2D eigenvalue weighted by molar-refractivity contribution is 9.10. The summed E-state index contributed by atoms with van der Waals surface area (Å²) >= 11 is 3.32. The number of halogens is 1. The molecule has 1 aliphatic rings. The molecule has 5 heteroatoms. The van der Waals surface area contributed by atoms with E-state index in [-0.39, 0.29) is 0 Å². The lowest BCUT2D eigenvalue weighted by molar-refractivity contribution is 0.0696. The van der Waals surface area contributed by atoms with Crippen molar-refractivity contribution >= 4 is 27.6 Å². The predicted molar refractivity (Wildman–Crippen MR) is 80.0 cm³/mol. The summed E-state index contributed by atoms with van der Waals surface area (Å²) < 4.78 is 0.630. The molecule has 2 rings (SSSR count). The van der Waals surface area contributed by atoms with Gasteiger partial charge in [0.15, 0.2) is 0 Å². The average Bonchev–Trinajstić information content (AvgIpc) is 2.88. The summed E-state index contributed by atoms with van der Waals surface area (Å²) in [5.74, 6) is -0.893. The van der Waals surface area contributed by atoms with E-state index in [1.807, 2.05) is 24.1 Å². The number of hydrogen-bond donors (Lipinski definition) is 1. The number of anilines is 1. The smallest absolute Gasteiger partial charge is 0.338 e. The number of hydrogen-bond acceptors (Lipinski definition) is 3. The summed E-state index contributed by atoms with van der Waals surface area (Å²) in [7, 11) is 1.95. The molecular formula is C14H19BrN2O2. The maximum atomic E-state index is 11.3. The molecule has 0 unspecified atom stereocenters. The van der Waals surface area contributed by atoms with E-state index in [9.17, 15) is 9.90 Å². The van der Waals surface area contributed by atoms with Crippen LogP contribution < -0.4 is 4.90 Å². The van der Waals surface area contributed by atoms with Crippen LogP contribution in [0.5, 0.6) is 0 Å². The molecule has 0 aromatic heterocycles. The van der Waals surface area contributed by atoms with Crippen molar-refractivity contribution < 1.29 is 9.90 Å². The summed E-state index contributed by atoms with van der Waals surface area (Å²) in [4.78, 5) is 15.8. The second-order valence-corrected chi connectivity index (χ2v) is 5.76. The number of aromatic carboxylic acids is 1. The molecule has 19 heavy (non-hydrogen) atoms. The third-order valence-electron chi connectivity index (χ3n) is 3.57. The van der Waals surface area contributed by atoms with Crippen LogP contribution >= 0.6 is 15.9 Å². The topological polar surface area (TPSA) is 43.8 Å². The Morgan fingerprint density at radius 3 is 2.74 bits per heavy atom. The van der Waals surface area contributed by atoms with Gasteiger partial charge < -0.3 is 14.9 Å². The van der Waals surface area contributed by atoms with Crippen molar-refractivity contribution in [3.8, 4) is 0 Å². The standard InChI is InChI=1S/C14H19BrN2O2/c1-16(9-10-17-7-2-3-8-17)12-6-4-5-11(15)13(12)14(18)19/h4-6H,2-3,7-10H2,1H3,(H,18,19). The number of nitrogens with zero attached hydrogens (tertiary/aromatic N) is 2. The Bertz CT molecular complexity index is 459. The molecule has 0 amide bonds. The number of carbonyl (C=O) groups is 1. The fraction of sp³-hybridized carbons (Fsp3) is 0.500. The van der Waals surface area contributed by atoms with Crippen LogP contribution in [0.25, 0.3) is 0 Å². The Hall–Kier alpha value is -1.07. The monoisotopic (exact) mass is 326 g/mol. The van der Waals surface area contributed by atoms with Crippen LogP contribution in [0.2, 0.25) is 0 Å². The number of likely N-dealkylation sites (N-methyl/N-ethyl adjacent to an activating group) is 1. The summed E-state index contributed by atoms with van der Waals surface area (Å²) in [6.45, 7) is 4.16. The van der Waals surface area contributed by atoms with Gasteiger partial charge in [-0.2, -0.15) is 0 Å². The van der Waals surface area contributed by atoms with Gasteiger partial charge in [0.05, 0.1) is 11.3 Å². The lowest BCUT2D eigenvalue weighted by Crippen LogP contribution is -2.32. The van der Waals surface area contributed by atoms with Gasteiger partial charge in [0.2, 0.25) is 0 Å². The van der Waals surface area contributed by atoms with E-state index < -0.39 is 5.97 Å². The van der Waals surface area contributed by atoms with E-state index in [2.05, 4.69) is 20.8 Å². The van der Waals surface area contributed by atoms with E-state index in [4.69, 9.17) is 0 Å². The van der Waals surface area contributed by atoms with Gasteiger partial charge in [0.1, 0.15) is 0 Å². The molecule has 4 nitrogen and oxygen atoms in total. The zero-order valence-corrected chi connectivity index (χ0v) is 12.7. The van der Waals surface area contributed by atoms with Gasteiger partial charge in [-0.15, -0.1) is 0 Å². The molecule has 1 heterocycles. The molecule has 0 spiro atoms. The van der Waals surface area contributed by atoms with Crippen molar-refractivity contribution in [3.63, 3.8) is 0 Å². The van der Waals surface area contributed by atoms with E-state index in [0.29, 0.717) is 10.0 Å². The van der Waals surface area contributed by atoms with Gasteiger partial charge in [-0.05, 0) is 54.0 Å². The van der Waals surface area contributed by atoms with Crippen LogP contribution in [0.1, 0.15) is 23.2 Å². The average molecular weight is 327 g/mol. The van der Waals surface area contributed by atoms with Crippen LogP contribution in [-0.4, -0.2) is 49.2 Å². The van der Waals surface area contributed by atoms with Gasteiger partial charge in [0.25, 0.3) is 0 Å². The largest absolute Gasteiger partial charge is 0.478 e. The fourth-order valence-electron chi connectivity index (χ4n) is 2.46. The molecule has 1 N–H and O–H groups in total. The summed E-state index contributed by atoms with van der Waals surface area (Å²) in [5, 5.41) is 9.31. The minimum Gasteiger partial charge on any atom is -0.478 e. The fourth-order valence-corrected chi connectivity index (χ4v) is 2.99. The van der Waals surface area contributed by atoms with E-state index in [1.54, 1.807) is 6.07 Å². The lowest BCUT2D eigenvalue weighted by atomic mass is 10.1. The van der Waals surface area contributed by atoms with E-state index in [0.717, 1.165) is 31.9 Å². The number of carboxylic acids is 1. The van der Waals surface area contributed by atoms with Crippen molar-refractivity contribution in [3.05, 3.63) is 28.2 Å². The highest BCUT2D eigenvalue weighted by Crippen LogP contribution is 2.27. The zero-order valence-electron chi connectivity index (χ0n) is 11.1. The van der Waals surface area contributed by atoms with Crippen LogP contribution in [0.3, 0.4) is 0 Å². The number of likely N-dealkylation sites (tertiary alicyclic amines) is 1. The Kier molecular flexibility index (Phi) is 4.82. The first-order valence-electron chi connectivity index (χ1n) is 6.55. The summed E-state index contributed by atoms with van der Waals surface area (Å²) in [6.07, 6.45) is 2.56. The molecule has 0 bridgehead atoms. The maximum absolute atomic E-state index is 11.3. The highest BCUT2D eigenvalue weighted by atomic mass is 79.9. The number of carboxylic acid groups (broad SMARTS) is 1. The molecule has 1 aromatic rings. The Balaban J connectivity index is 2.07. The third kappa shape index (κ3) is 3.48. The molecule has 1 fully saturated rings. The number of rotatable bonds is 5. The SMILES string of the molecule is CN(CCN1CCCC1)c1cccc(Br)c1C(=O)O. The molecule has 0 radical (unpaired) electrons. The molecule has 0 saturated carbocycles. The van der Waals surface area contributed by atoms with Crippen molar-refractivity contribution in [2.45, 2.75) is 12.8 Å². The summed E-state index contributed by atoms with van der Waals surface area (Å²) in [5.41, 5.74) is 1.10. The Morgan fingerprint density at radius 2 is 2.11 bits per heavy atom. The van der Waals surface area contributed by atoms with Crippen molar-refractivity contribution in [1.29, 1.82) is 0 Å². The van der Waals surface area contributed by atoms with Gasteiger partial charge in [-0.3, -0.25) is 0 Å². The normalized spacial score (nSPS) is 15.7. The minimum absolute atomic E-state index is 0.339. The quantitative estimate of drug-likeness (QED) is 0.903. The van der Waals surface area contributed by atoms with Gasteiger partial charge >= 0.3 is 5.97 Å². The molecular weight excluding hydrogens is 308 g/mol. The Labute approximate surface area is 122 Å². The Morgan fingerprint density at radius 1 is 1.42 bits per heavy atom. The van der Waals surface area contributed by atoms with Crippen molar-refractivity contribution in [2.24, 2.45) is 0 Å². The molecule has 1 aliphatic heterocycles. The molecule has 1 aromatic carbocycles. The third-order valence-corrected chi connectivity index (χ3v) is 4.23. The second-order valence-electron chi connectivity index (χ2n) is 4.91. The highest BCUT2D eigenvalue weighted by Gasteiger charge is 2.18. The molecule has 104 valence electrons. The van der Waals surface area contributed by atoms with E-state index in [1.165, 1.54) is 12.8 Å². The molecule has 1 saturated heterocycles. The lowest BCUT2D eigenvalue weighted by Gasteiger charge is -2.24. The van der Waals surface area contributed by atoms with Crippen molar-refractivity contribution in [1.82, 2.24) is 4.90 Å². The zero-order chi connectivity index (χ0) is 13.8. The van der Waals surface area contributed by atoms with Crippen LogP contribution in [0.4, 0.5) is 5.69 Å². The minimum atomic E-state index is -0.893. The van der Waals surface area contributed by atoms with Crippen molar-refractivity contribution in [2.75, 3.05) is 38.1 Å². The van der Waals surface area contributed by atoms with Crippen LogP contribution in [0, 0.1) is 0 Å². The summed E-state index contributed by atoms with van der Waals surface area (Å²) in [6, 6.07) is 5.50. The van der Waals surface area contributed by atoms with E-state index >= 15 is 0 Å². The van der Waals surface area contributed by atoms with Crippen LogP contribution in [0.15, 0.2) is 22.7 Å². The predicted octanol–water partition coefficient (Wildman–Crippen LogP) is 2.68. The first-order valence-corrected chi connectivity index (χ1v) is 7.34. The van der Waals surface area contributed by atoms with Gasteiger partial charge in [0, 0.05) is 24.6 Å². The van der Waals surface area contributed by atoms with Crippen LogP contribution in [-0.2, 0) is 0 Å². The van der Waals surface area contributed by atoms with Gasteiger partial charge in [-0.1, -0.05) is 6.07 Å². The first kappa shape index (κ1) is 14.3. The second kappa shape index (κ2) is 6.39.